The summed E-state index contributed by atoms with van der Waals surface area (Å²) in [6, 6.07) is 17.3. The van der Waals surface area contributed by atoms with Crippen molar-refractivity contribution in [1.82, 2.24) is 19.6 Å². The average molecular weight is 492 g/mol. The lowest BCUT2D eigenvalue weighted by Crippen LogP contribution is -2.15. The van der Waals surface area contributed by atoms with E-state index in [1.807, 2.05) is 54.9 Å². The number of halogens is 1. The van der Waals surface area contributed by atoms with Crippen molar-refractivity contribution in [2.24, 2.45) is 0 Å². The first-order valence-electron chi connectivity index (χ1n) is 11.5. The van der Waals surface area contributed by atoms with Crippen LogP contribution in [-0.4, -0.2) is 25.5 Å². The maximum Gasteiger partial charge on any atom is 0.276 e. The van der Waals surface area contributed by atoms with Crippen molar-refractivity contribution in [2.45, 2.75) is 53.3 Å². The lowest BCUT2D eigenvalue weighted by Gasteiger charge is -2.19. The zero-order chi connectivity index (χ0) is 25.2. The number of aryl methyl sites for hydroxylation is 1. The number of carbonyl (C=O) groups excluding carboxylic acids is 1. The first-order chi connectivity index (χ1) is 16.6. The molecule has 0 saturated heterocycles. The van der Waals surface area contributed by atoms with Gasteiger partial charge in [-0.15, -0.1) is 0 Å². The van der Waals surface area contributed by atoms with Crippen LogP contribution in [0.5, 0.6) is 5.75 Å². The van der Waals surface area contributed by atoms with Crippen LogP contribution in [0.25, 0.3) is 0 Å². The summed E-state index contributed by atoms with van der Waals surface area (Å²) in [5, 5.41) is 12.6. The molecule has 35 heavy (non-hydrogen) atoms. The number of ether oxygens (including phenoxy) is 1. The molecular formula is C27H30ClN5O2. The number of hydrogen-bond donors (Lipinski definition) is 1. The summed E-state index contributed by atoms with van der Waals surface area (Å²) < 4.78 is 9.28. The molecule has 4 rings (SSSR count). The maximum atomic E-state index is 12.9. The zero-order valence-electron chi connectivity index (χ0n) is 20.7. The SMILES string of the molecule is Cc1nn(Cc2ccc(Cl)cc2)c(C)c1NC(=O)c1ccn(COc2ccc(C(C)(C)C)cc2)n1. The van der Waals surface area contributed by atoms with Crippen molar-refractivity contribution in [1.29, 1.82) is 0 Å². The molecule has 2 heterocycles. The summed E-state index contributed by atoms with van der Waals surface area (Å²) >= 11 is 5.98. The molecule has 0 aliphatic carbocycles. The van der Waals surface area contributed by atoms with Crippen LogP contribution in [0.15, 0.2) is 60.8 Å². The summed E-state index contributed by atoms with van der Waals surface area (Å²) in [4.78, 5) is 12.9. The molecule has 1 amide bonds. The van der Waals surface area contributed by atoms with E-state index < -0.39 is 0 Å². The van der Waals surface area contributed by atoms with E-state index in [4.69, 9.17) is 16.3 Å². The number of anilines is 1. The highest BCUT2D eigenvalue weighted by Gasteiger charge is 2.17. The topological polar surface area (TPSA) is 74.0 Å². The fourth-order valence-corrected chi connectivity index (χ4v) is 3.84. The minimum atomic E-state index is -0.296. The number of rotatable bonds is 7. The summed E-state index contributed by atoms with van der Waals surface area (Å²) in [5.74, 6) is 0.453. The van der Waals surface area contributed by atoms with Crippen molar-refractivity contribution < 1.29 is 9.53 Å². The summed E-state index contributed by atoms with van der Waals surface area (Å²) in [7, 11) is 0. The Hall–Kier alpha value is -3.58. The fourth-order valence-electron chi connectivity index (χ4n) is 3.72. The second-order valence-corrected chi connectivity index (χ2v) is 10.0. The van der Waals surface area contributed by atoms with Crippen molar-refractivity contribution in [3.05, 3.63) is 94.0 Å². The van der Waals surface area contributed by atoms with Gasteiger partial charge in [0.05, 0.1) is 23.6 Å². The van der Waals surface area contributed by atoms with E-state index in [0.29, 0.717) is 22.9 Å². The molecule has 2 aromatic carbocycles. The molecule has 0 fully saturated rings. The number of carbonyl (C=O) groups is 1. The zero-order valence-corrected chi connectivity index (χ0v) is 21.4. The second kappa shape index (κ2) is 9.96. The van der Waals surface area contributed by atoms with Crippen LogP contribution in [0.3, 0.4) is 0 Å². The predicted octanol–water partition coefficient (Wildman–Crippen LogP) is 5.98. The van der Waals surface area contributed by atoms with Gasteiger partial charge in [0.25, 0.3) is 5.91 Å². The minimum absolute atomic E-state index is 0.0891. The first-order valence-corrected chi connectivity index (χ1v) is 11.8. The smallest absolute Gasteiger partial charge is 0.276 e. The van der Waals surface area contributed by atoms with Gasteiger partial charge in [-0.05, 0) is 60.7 Å². The Bertz CT molecular complexity index is 1320. The van der Waals surface area contributed by atoms with E-state index in [0.717, 1.165) is 22.7 Å². The van der Waals surface area contributed by atoms with Crippen LogP contribution in [0.4, 0.5) is 5.69 Å². The van der Waals surface area contributed by atoms with E-state index in [-0.39, 0.29) is 18.1 Å². The van der Waals surface area contributed by atoms with Gasteiger partial charge in [0.1, 0.15) is 5.75 Å². The van der Waals surface area contributed by atoms with Crippen LogP contribution in [0.2, 0.25) is 5.02 Å². The highest BCUT2D eigenvalue weighted by molar-refractivity contribution is 6.30. The number of aromatic nitrogens is 4. The standard InChI is InChI=1S/C27H30ClN5O2/c1-18-25(19(2)33(30-18)16-20-6-10-22(28)11-7-20)29-26(34)24-14-15-32(31-24)17-35-23-12-8-21(9-13-23)27(3,4)5/h6-15H,16-17H2,1-5H3,(H,29,34). The normalized spacial score (nSPS) is 11.5. The molecule has 0 bridgehead atoms. The Labute approximate surface area is 210 Å². The third kappa shape index (κ3) is 5.92. The van der Waals surface area contributed by atoms with Gasteiger partial charge in [0.2, 0.25) is 0 Å². The lowest BCUT2D eigenvalue weighted by atomic mass is 9.87. The highest BCUT2D eigenvalue weighted by atomic mass is 35.5. The van der Waals surface area contributed by atoms with E-state index in [1.165, 1.54) is 5.56 Å². The molecule has 0 saturated carbocycles. The van der Waals surface area contributed by atoms with Gasteiger partial charge in [-0.1, -0.05) is 56.6 Å². The van der Waals surface area contributed by atoms with E-state index in [1.54, 1.807) is 16.9 Å². The van der Waals surface area contributed by atoms with Gasteiger partial charge in [-0.2, -0.15) is 10.2 Å². The summed E-state index contributed by atoms with van der Waals surface area (Å²) in [6.07, 6.45) is 1.72. The van der Waals surface area contributed by atoms with Gasteiger partial charge in [0.15, 0.2) is 12.4 Å². The molecule has 0 unspecified atom stereocenters. The number of nitrogens with zero attached hydrogens (tertiary/aromatic N) is 4. The largest absolute Gasteiger partial charge is 0.471 e. The molecule has 0 atom stereocenters. The molecule has 0 radical (unpaired) electrons. The molecule has 2 aromatic heterocycles. The lowest BCUT2D eigenvalue weighted by molar-refractivity contribution is 0.102. The molecule has 1 N–H and O–H groups in total. The van der Waals surface area contributed by atoms with E-state index in [2.05, 4.69) is 48.4 Å². The van der Waals surface area contributed by atoms with Crippen molar-refractivity contribution in [3.63, 3.8) is 0 Å². The average Bonchev–Trinajstić information content (AvgIpc) is 3.39. The third-order valence-corrected chi connectivity index (χ3v) is 6.07. The summed E-state index contributed by atoms with van der Waals surface area (Å²) in [5.41, 5.74) is 5.01. The van der Waals surface area contributed by atoms with Crippen LogP contribution in [-0.2, 0) is 18.7 Å². The Morgan fingerprint density at radius 2 is 1.69 bits per heavy atom. The van der Waals surface area contributed by atoms with Crippen LogP contribution >= 0.6 is 11.6 Å². The Morgan fingerprint density at radius 1 is 1.00 bits per heavy atom. The number of benzene rings is 2. The van der Waals surface area contributed by atoms with Crippen LogP contribution < -0.4 is 10.1 Å². The minimum Gasteiger partial charge on any atom is -0.471 e. The quantitative estimate of drug-likeness (QED) is 0.345. The maximum absolute atomic E-state index is 12.9. The van der Waals surface area contributed by atoms with Gasteiger partial charge < -0.3 is 10.1 Å². The molecule has 8 heteroatoms. The predicted molar refractivity (Wildman–Crippen MR) is 138 cm³/mol. The van der Waals surface area contributed by atoms with Crippen molar-refractivity contribution in [3.8, 4) is 5.75 Å². The number of amides is 1. The third-order valence-electron chi connectivity index (χ3n) is 5.82. The molecule has 4 aromatic rings. The molecule has 0 spiro atoms. The molecule has 0 aliphatic heterocycles. The van der Waals surface area contributed by atoms with E-state index in [9.17, 15) is 4.79 Å². The molecule has 0 aliphatic rings. The Morgan fingerprint density at radius 3 is 2.34 bits per heavy atom. The van der Waals surface area contributed by atoms with Crippen LogP contribution in [0, 0.1) is 13.8 Å². The van der Waals surface area contributed by atoms with Crippen molar-refractivity contribution >= 4 is 23.2 Å². The molecule has 7 nitrogen and oxygen atoms in total. The monoisotopic (exact) mass is 491 g/mol. The Balaban J connectivity index is 1.38. The van der Waals surface area contributed by atoms with Gasteiger partial charge in [0, 0.05) is 11.2 Å². The van der Waals surface area contributed by atoms with Crippen molar-refractivity contribution in [2.75, 3.05) is 5.32 Å². The van der Waals surface area contributed by atoms with Gasteiger partial charge >= 0.3 is 0 Å². The Kier molecular flexibility index (Phi) is 6.98. The molecule has 182 valence electrons. The number of nitrogens with one attached hydrogen (secondary N) is 1. The second-order valence-electron chi connectivity index (χ2n) is 9.57. The number of hydrogen-bond acceptors (Lipinski definition) is 4. The molecular weight excluding hydrogens is 462 g/mol. The van der Waals surface area contributed by atoms with Gasteiger partial charge in [-0.3, -0.25) is 9.48 Å². The first kappa shape index (κ1) is 24.5. The highest BCUT2D eigenvalue weighted by Crippen LogP contribution is 2.25. The van der Waals surface area contributed by atoms with Crippen LogP contribution in [0.1, 0.15) is 53.8 Å². The fraction of sp³-hybridized carbons (Fsp3) is 0.296. The van der Waals surface area contributed by atoms with Gasteiger partial charge in [-0.25, -0.2) is 4.68 Å². The van der Waals surface area contributed by atoms with E-state index >= 15 is 0 Å². The summed E-state index contributed by atoms with van der Waals surface area (Å²) in [6.45, 7) is 11.1.